The van der Waals surface area contributed by atoms with E-state index in [1.807, 2.05) is 32.0 Å². The summed E-state index contributed by atoms with van der Waals surface area (Å²) < 4.78 is 35.1. The van der Waals surface area contributed by atoms with Gasteiger partial charge in [-0.25, -0.2) is 28.8 Å². The van der Waals surface area contributed by atoms with E-state index in [0.29, 0.717) is 0 Å². The van der Waals surface area contributed by atoms with Gasteiger partial charge >= 0.3 is 35.3 Å². The number of aliphatic hydroxyl groups excluding tert-OH is 6. The van der Waals surface area contributed by atoms with Crippen LogP contribution in [0.4, 0.5) is 31.8 Å². The summed E-state index contributed by atoms with van der Waals surface area (Å²) in [6.07, 6.45) is 17.0. The Morgan fingerprint density at radius 3 is 1.27 bits per heavy atom. The van der Waals surface area contributed by atoms with Gasteiger partial charge in [0.15, 0.2) is 36.1 Å². The lowest BCUT2D eigenvalue weighted by Gasteiger charge is -2.33. The average Bonchev–Trinajstić information content (AvgIpc) is 1.93. The minimum absolute atomic E-state index is 0.0347. The summed E-state index contributed by atoms with van der Waals surface area (Å²) in [6.45, 7) is 11.3. The van der Waals surface area contributed by atoms with Crippen LogP contribution < -0.4 is 33.0 Å². The van der Waals surface area contributed by atoms with Crippen LogP contribution in [0.5, 0.6) is 0 Å². The van der Waals surface area contributed by atoms with Crippen molar-refractivity contribution >= 4 is 35.7 Å². The maximum Gasteiger partial charge on any atom is 0.413 e. The van der Waals surface area contributed by atoms with Crippen LogP contribution in [0.2, 0.25) is 0 Å². The molecule has 0 bridgehead atoms. The average molecular weight is 1230 g/mol. The molecule has 2 unspecified atom stereocenters. The van der Waals surface area contributed by atoms with Gasteiger partial charge in [0.2, 0.25) is 0 Å². The molecule has 27 nitrogen and oxygen atoms in total. The number of carbonyl (C=O) groups is 3. The number of terminal acetylenes is 3. The van der Waals surface area contributed by atoms with Crippen LogP contribution in [0.3, 0.4) is 0 Å². The fraction of sp³-hybridized carbons (Fsp3) is 0.557. The van der Waals surface area contributed by atoms with E-state index >= 15 is 0 Å². The molecule has 3 aliphatic heterocycles. The molecule has 14 atom stereocenters. The third-order valence-electron chi connectivity index (χ3n) is 15.4. The summed E-state index contributed by atoms with van der Waals surface area (Å²) in [5.41, 5.74) is -1.28. The minimum atomic E-state index is -1.32. The summed E-state index contributed by atoms with van der Waals surface area (Å²) in [7, 11) is 0. The first-order valence-corrected chi connectivity index (χ1v) is 29.2. The second-order valence-electron chi connectivity index (χ2n) is 22.0. The molecule has 476 valence electrons. The standard InChI is InChI=1S/C22H33N3O6.C20H27N3O6.C19H19N3O6/c1-4-6-7-8-9-10-11-12-13-30-22(29)24-19-16(5-2)14-25(21(28)23-19)20-18(27)17(26)15(3)31-20;1-5-13-9-23(18-15(25)14(24)12(4)28-18)19(26)21-17(13)22-20(27)29-16-10(2)7-6-8-11(16)3;1-3-13-9-22(17-15(24)14(23)11(2)28-17)18(25)20-16(13)21-19(26)27-10-12-7-5-4-6-8-12/h2,14-15,17-18,20,26-27H,4,6-13H2,1,3H3,(H,23,24,28,29);1,9-12,14-16,18,24-25H,6-8H2,2-4H3,(H,21,22,26,27);1,4-9,11,14-15,17,23-24H,10H2,2H3,(H,20,21,25,26)/t15-,17-,18-,20-;10?,11?,12-,14-,15-,16?,18-;11-,14-,15-,17-/m111/s1. The molecule has 0 spiro atoms. The topological polar surface area (TPSA) is 369 Å². The van der Waals surface area contributed by atoms with E-state index in [2.05, 4.69) is 55.6 Å². The van der Waals surface area contributed by atoms with Gasteiger partial charge in [0.1, 0.15) is 49.3 Å². The maximum absolute atomic E-state index is 12.4. The van der Waals surface area contributed by atoms with Crippen LogP contribution in [0.1, 0.15) is 153 Å². The number of anilines is 3. The number of unbranched alkanes of at least 4 members (excludes halogenated alkanes) is 7. The van der Waals surface area contributed by atoms with Gasteiger partial charge in [0, 0.05) is 18.6 Å². The molecule has 88 heavy (non-hydrogen) atoms. The van der Waals surface area contributed by atoms with Crippen molar-refractivity contribution in [2.75, 3.05) is 22.6 Å². The summed E-state index contributed by atoms with van der Waals surface area (Å²) in [6, 6.07) is 9.05. The number of aliphatic hydroxyl groups is 6. The highest BCUT2D eigenvalue weighted by atomic mass is 16.6. The Balaban J connectivity index is 0.000000211. The highest BCUT2D eigenvalue weighted by Gasteiger charge is 2.44. The van der Waals surface area contributed by atoms with Crippen LogP contribution in [-0.4, -0.2) is 145 Å². The minimum Gasteiger partial charge on any atom is -0.449 e. The van der Waals surface area contributed by atoms with Gasteiger partial charge in [-0.2, -0.15) is 15.0 Å². The Morgan fingerprint density at radius 2 is 0.909 bits per heavy atom. The molecule has 0 radical (unpaired) electrons. The summed E-state index contributed by atoms with van der Waals surface area (Å²) >= 11 is 0. The fourth-order valence-corrected chi connectivity index (χ4v) is 10.3. The normalized spacial score (nSPS) is 26.9. The molecule has 8 rings (SSSR count). The molecule has 1 aliphatic carbocycles. The Labute approximate surface area is 508 Å². The van der Waals surface area contributed by atoms with Crippen molar-refractivity contribution in [3.05, 3.63) is 103 Å². The summed E-state index contributed by atoms with van der Waals surface area (Å²) in [5, 5.41) is 67.0. The number of hydrogen-bond acceptors (Lipinski definition) is 21. The van der Waals surface area contributed by atoms with Gasteiger partial charge in [-0.05, 0) is 57.4 Å². The number of rotatable bonds is 18. The lowest BCUT2D eigenvalue weighted by molar-refractivity contribution is -0.0350. The van der Waals surface area contributed by atoms with E-state index < -0.39 is 109 Å². The molecular formula is C61H79N9O18. The monoisotopic (exact) mass is 1230 g/mol. The number of benzene rings is 1. The van der Waals surface area contributed by atoms with E-state index in [4.69, 9.17) is 47.7 Å². The number of aromatic nitrogens is 6. The molecule has 27 heteroatoms. The van der Waals surface area contributed by atoms with Crippen LogP contribution >= 0.6 is 0 Å². The number of ether oxygens (including phenoxy) is 6. The second-order valence-corrected chi connectivity index (χ2v) is 22.0. The van der Waals surface area contributed by atoms with E-state index in [1.54, 1.807) is 32.9 Å². The second kappa shape index (κ2) is 32.8. The highest BCUT2D eigenvalue weighted by Crippen LogP contribution is 2.33. The predicted octanol–water partition coefficient (Wildman–Crippen LogP) is 4.40. The zero-order valence-electron chi connectivity index (χ0n) is 50.0. The molecule has 1 aromatic carbocycles. The number of amides is 3. The molecule has 9 N–H and O–H groups in total. The summed E-state index contributed by atoms with van der Waals surface area (Å²) in [4.78, 5) is 84.9. The SMILES string of the molecule is C#Cc1cn([C@@H]2O[C@H](C)[C@@H](O)[C@H]2O)c(=O)nc1NC(=O)OC1C(C)CCCC1C.C#Cc1cn([C@@H]2O[C@H](C)[C@@H](O)[C@H]2O)c(=O)nc1NC(=O)OCCCCCCCCCC.C#Cc1cn([C@@H]2O[C@H](C)[C@@H](O)[C@H]2O)c(=O)nc1NC(=O)OCc1ccccc1. The van der Waals surface area contributed by atoms with Gasteiger partial charge in [-0.1, -0.05) is 120 Å². The van der Waals surface area contributed by atoms with Crippen LogP contribution in [-0.2, 0) is 35.0 Å². The Morgan fingerprint density at radius 1 is 0.545 bits per heavy atom. The molecular weight excluding hydrogens is 1150 g/mol. The van der Waals surface area contributed by atoms with Crippen molar-refractivity contribution in [3.63, 3.8) is 0 Å². The third kappa shape index (κ3) is 18.1. The number of hydrogen-bond donors (Lipinski definition) is 9. The van der Waals surface area contributed by atoms with Gasteiger partial charge in [0.25, 0.3) is 0 Å². The Bertz CT molecular complexity index is 3310. The van der Waals surface area contributed by atoms with Crippen molar-refractivity contribution in [1.29, 1.82) is 0 Å². The smallest absolute Gasteiger partial charge is 0.413 e. The first-order chi connectivity index (χ1) is 42.0. The highest BCUT2D eigenvalue weighted by molar-refractivity contribution is 5.86. The molecule has 3 saturated heterocycles. The number of carbonyl (C=O) groups excluding carboxylic acids is 3. The van der Waals surface area contributed by atoms with E-state index in [0.717, 1.165) is 57.8 Å². The first kappa shape index (κ1) is 69.1. The van der Waals surface area contributed by atoms with Crippen LogP contribution in [0.15, 0.2) is 63.3 Å². The van der Waals surface area contributed by atoms with Crippen LogP contribution in [0, 0.1) is 48.9 Å². The van der Waals surface area contributed by atoms with Gasteiger partial charge in [-0.15, -0.1) is 19.3 Å². The predicted molar refractivity (Wildman–Crippen MR) is 318 cm³/mol. The maximum atomic E-state index is 12.4. The Kier molecular flexibility index (Phi) is 25.8. The van der Waals surface area contributed by atoms with Crippen molar-refractivity contribution < 1.29 is 73.4 Å². The molecule has 4 aliphatic rings. The zero-order chi connectivity index (χ0) is 64.4. The van der Waals surface area contributed by atoms with Crippen molar-refractivity contribution in [2.45, 2.75) is 199 Å². The molecule has 1 saturated carbocycles. The lowest BCUT2D eigenvalue weighted by atomic mass is 9.81. The van der Waals surface area contributed by atoms with E-state index in [1.165, 1.54) is 50.7 Å². The Hall–Kier alpha value is -8.01. The molecule has 4 aromatic rings. The van der Waals surface area contributed by atoms with Crippen LogP contribution in [0.25, 0.3) is 0 Å². The van der Waals surface area contributed by atoms with E-state index in [9.17, 15) is 59.4 Å². The lowest BCUT2D eigenvalue weighted by Crippen LogP contribution is -2.37. The largest absolute Gasteiger partial charge is 0.449 e. The van der Waals surface area contributed by atoms with E-state index in [-0.39, 0.29) is 65.3 Å². The van der Waals surface area contributed by atoms with Crippen molar-refractivity contribution in [3.8, 4) is 37.0 Å². The molecule has 3 amide bonds. The third-order valence-corrected chi connectivity index (χ3v) is 15.4. The van der Waals surface area contributed by atoms with Crippen molar-refractivity contribution in [1.82, 2.24) is 28.7 Å². The van der Waals surface area contributed by atoms with Gasteiger partial charge < -0.3 is 59.1 Å². The first-order valence-electron chi connectivity index (χ1n) is 29.2. The van der Waals surface area contributed by atoms with Gasteiger partial charge in [-0.3, -0.25) is 29.7 Å². The number of nitrogens with one attached hydrogen (secondary N) is 3. The fourth-order valence-electron chi connectivity index (χ4n) is 10.3. The zero-order valence-corrected chi connectivity index (χ0v) is 50.0. The molecule has 4 fully saturated rings. The number of nitrogens with zero attached hydrogens (tertiary/aromatic N) is 6. The summed E-state index contributed by atoms with van der Waals surface area (Å²) in [5.74, 6) is 7.14. The molecule has 6 heterocycles. The van der Waals surface area contributed by atoms with Gasteiger partial charge in [0.05, 0.1) is 41.6 Å². The quantitative estimate of drug-likeness (QED) is 0.0378. The molecule has 3 aromatic heterocycles. The van der Waals surface area contributed by atoms with Crippen molar-refractivity contribution in [2.24, 2.45) is 11.8 Å².